The van der Waals surface area contributed by atoms with Gasteiger partial charge < -0.3 is 15.1 Å². The van der Waals surface area contributed by atoms with Crippen molar-refractivity contribution in [2.45, 2.75) is 46.0 Å². The summed E-state index contributed by atoms with van der Waals surface area (Å²) >= 11 is 0. The van der Waals surface area contributed by atoms with E-state index in [4.69, 9.17) is 0 Å². The fraction of sp³-hybridized carbons (Fsp3) is 0.636. The summed E-state index contributed by atoms with van der Waals surface area (Å²) in [5.74, 6) is 0.609. The van der Waals surface area contributed by atoms with Crippen molar-refractivity contribution in [2.75, 3.05) is 37.6 Å². The molecule has 0 saturated carbocycles. The first kappa shape index (κ1) is 19.9. The summed E-state index contributed by atoms with van der Waals surface area (Å²) in [5.41, 5.74) is 2.17. The molecule has 1 N–H and O–H groups in total. The van der Waals surface area contributed by atoms with Crippen molar-refractivity contribution < 1.29 is 9.59 Å². The lowest BCUT2D eigenvalue weighted by molar-refractivity contribution is -0.141. The first-order chi connectivity index (χ1) is 13.0. The molecule has 0 radical (unpaired) electrons. The standard InChI is InChI=1S/C22H33N3O2/c1-4-23-15-17-9-12-24(13-10-17)21(26)20-11-14-25(22(20)27)19-7-5-18(6-8-19)16(2)3/h5-8,16-17,20,23H,4,9-15H2,1-3H3. The Morgan fingerprint density at radius 1 is 1.11 bits per heavy atom. The summed E-state index contributed by atoms with van der Waals surface area (Å²) in [6.45, 7) is 10.6. The number of likely N-dealkylation sites (tertiary alicyclic amines) is 1. The van der Waals surface area contributed by atoms with Crippen LogP contribution in [0, 0.1) is 11.8 Å². The number of hydrogen-bond acceptors (Lipinski definition) is 3. The van der Waals surface area contributed by atoms with E-state index in [0.29, 0.717) is 24.8 Å². The van der Waals surface area contributed by atoms with Crippen LogP contribution in [0.5, 0.6) is 0 Å². The van der Waals surface area contributed by atoms with Gasteiger partial charge in [0.15, 0.2) is 0 Å². The number of hydrogen-bond donors (Lipinski definition) is 1. The van der Waals surface area contributed by atoms with E-state index in [2.05, 4.69) is 38.2 Å². The molecule has 2 amide bonds. The summed E-state index contributed by atoms with van der Waals surface area (Å²) in [6, 6.07) is 8.17. The number of nitrogens with zero attached hydrogens (tertiary/aromatic N) is 2. The second-order valence-corrected chi connectivity index (χ2v) is 8.15. The molecule has 1 unspecified atom stereocenters. The summed E-state index contributed by atoms with van der Waals surface area (Å²) in [5, 5.41) is 3.39. The van der Waals surface area contributed by atoms with Gasteiger partial charge in [-0.3, -0.25) is 9.59 Å². The lowest BCUT2D eigenvalue weighted by Gasteiger charge is -2.33. The lowest BCUT2D eigenvalue weighted by atomic mass is 9.95. The highest BCUT2D eigenvalue weighted by Gasteiger charge is 2.40. The van der Waals surface area contributed by atoms with Crippen molar-refractivity contribution in [3.8, 4) is 0 Å². The van der Waals surface area contributed by atoms with Gasteiger partial charge in [0.25, 0.3) is 0 Å². The Morgan fingerprint density at radius 2 is 1.78 bits per heavy atom. The number of amides is 2. The van der Waals surface area contributed by atoms with Gasteiger partial charge in [0.05, 0.1) is 0 Å². The summed E-state index contributed by atoms with van der Waals surface area (Å²) in [4.78, 5) is 29.5. The van der Waals surface area contributed by atoms with E-state index in [0.717, 1.165) is 44.7 Å². The molecule has 5 heteroatoms. The number of anilines is 1. The van der Waals surface area contributed by atoms with Crippen LogP contribution >= 0.6 is 0 Å². The van der Waals surface area contributed by atoms with Gasteiger partial charge in [-0.2, -0.15) is 0 Å². The van der Waals surface area contributed by atoms with Crippen molar-refractivity contribution in [1.29, 1.82) is 0 Å². The van der Waals surface area contributed by atoms with Crippen LogP contribution in [0.4, 0.5) is 5.69 Å². The third-order valence-corrected chi connectivity index (χ3v) is 5.98. The van der Waals surface area contributed by atoms with Gasteiger partial charge in [-0.25, -0.2) is 0 Å². The van der Waals surface area contributed by atoms with Crippen LogP contribution in [-0.2, 0) is 9.59 Å². The second kappa shape index (κ2) is 8.87. The molecule has 3 rings (SSSR count). The Kier molecular flexibility index (Phi) is 6.53. The van der Waals surface area contributed by atoms with E-state index in [9.17, 15) is 9.59 Å². The first-order valence-electron chi connectivity index (χ1n) is 10.4. The highest BCUT2D eigenvalue weighted by atomic mass is 16.2. The fourth-order valence-electron chi connectivity index (χ4n) is 4.13. The predicted molar refractivity (Wildman–Crippen MR) is 109 cm³/mol. The van der Waals surface area contributed by atoms with E-state index >= 15 is 0 Å². The SMILES string of the molecule is CCNCC1CCN(C(=O)C2CCN(c3ccc(C(C)C)cc3)C2=O)CC1. The third-order valence-electron chi connectivity index (χ3n) is 5.98. The number of benzene rings is 1. The maximum atomic E-state index is 12.9. The zero-order valence-corrected chi connectivity index (χ0v) is 16.9. The van der Waals surface area contributed by atoms with Crippen molar-refractivity contribution in [2.24, 2.45) is 11.8 Å². The summed E-state index contributed by atoms with van der Waals surface area (Å²) in [7, 11) is 0. The van der Waals surface area contributed by atoms with Crippen LogP contribution < -0.4 is 10.2 Å². The van der Waals surface area contributed by atoms with Gasteiger partial charge in [-0.05, 0) is 61.9 Å². The number of piperidine rings is 1. The van der Waals surface area contributed by atoms with Crippen molar-refractivity contribution in [1.82, 2.24) is 10.2 Å². The molecular weight excluding hydrogens is 338 g/mol. The Balaban J connectivity index is 1.57. The van der Waals surface area contributed by atoms with Crippen molar-refractivity contribution >= 4 is 17.5 Å². The molecule has 0 spiro atoms. The predicted octanol–water partition coefficient (Wildman–Crippen LogP) is 3.01. The van der Waals surface area contributed by atoms with E-state index in [1.165, 1.54) is 5.56 Å². The maximum absolute atomic E-state index is 12.9. The maximum Gasteiger partial charge on any atom is 0.239 e. The van der Waals surface area contributed by atoms with Gasteiger partial charge in [0, 0.05) is 25.3 Å². The molecule has 0 aromatic heterocycles. The molecule has 2 heterocycles. The largest absolute Gasteiger partial charge is 0.342 e. The summed E-state index contributed by atoms with van der Waals surface area (Å²) < 4.78 is 0. The van der Waals surface area contributed by atoms with Gasteiger partial charge >= 0.3 is 0 Å². The van der Waals surface area contributed by atoms with E-state index in [1.807, 2.05) is 17.0 Å². The number of nitrogens with one attached hydrogen (secondary N) is 1. The molecule has 2 fully saturated rings. The quantitative estimate of drug-likeness (QED) is 0.782. The van der Waals surface area contributed by atoms with Crippen LogP contribution in [0.1, 0.15) is 51.5 Å². The minimum Gasteiger partial charge on any atom is -0.342 e. The zero-order valence-electron chi connectivity index (χ0n) is 16.9. The van der Waals surface area contributed by atoms with Gasteiger partial charge in [0.2, 0.25) is 11.8 Å². The minimum absolute atomic E-state index is 0.0307. The topological polar surface area (TPSA) is 52.7 Å². The van der Waals surface area contributed by atoms with Crippen LogP contribution in [0.25, 0.3) is 0 Å². The molecule has 1 atom stereocenters. The zero-order chi connectivity index (χ0) is 19.4. The Bertz CT molecular complexity index is 648. The minimum atomic E-state index is -0.500. The van der Waals surface area contributed by atoms with E-state index in [-0.39, 0.29) is 11.8 Å². The number of carbonyl (C=O) groups excluding carboxylic acids is 2. The number of carbonyl (C=O) groups is 2. The monoisotopic (exact) mass is 371 g/mol. The molecule has 2 aliphatic rings. The van der Waals surface area contributed by atoms with E-state index in [1.54, 1.807) is 4.90 Å². The van der Waals surface area contributed by atoms with Crippen molar-refractivity contribution in [3.63, 3.8) is 0 Å². The highest BCUT2D eigenvalue weighted by Crippen LogP contribution is 2.29. The molecule has 1 aromatic carbocycles. The van der Waals surface area contributed by atoms with Crippen LogP contribution in [-0.4, -0.2) is 49.4 Å². The molecule has 5 nitrogen and oxygen atoms in total. The summed E-state index contributed by atoms with van der Waals surface area (Å²) in [6.07, 6.45) is 2.68. The molecule has 1 aromatic rings. The van der Waals surface area contributed by atoms with Crippen LogP contribution in [0.2, 0.25) is 0 Å². The molecule has 2 aliphatic heterocycles. The van der Waals surface area contributed by atoms with Gasteiger partial charge in [-0.15, -0.1) is 0 Å². The molecule has 0 bridgehead atoms. The highest BCUT2D eigenvalue weighted by molar-refractivity contribution is 6.09. The molecular formula is C22H33N3O2. The normalized spacial score (nSPS) is 21.3. The van der Waals surface area contributed by atoms with E-state index < -0.39 is 5.92 Å². The molecule has 148 valence electrons. The van der Waals surface area contributed by atoms with Crippen LogP contribution in [0.3, 0.4) is 0 Å². The van der Waals surface area contributed by atoms with Gasteiger partial charge in [-0.1, -0.05) is 32.9 Å². The average molecular weight is 372 g/mol. The van der Waals surface area contributed by atoms with Crippen molar-refractivity contribution in [3.05, 3.63) is 29.8 Å². The number of rotatable bonds is 6. The fourth-order valence-corrected chi connectivity index (χ4v) is 4.13. The smallest absolute Gasteiger partial charge is 0.239 e. The Morgan fingerprint density at radius 3 is 2.37 bits per heavy atom. The molecule has 2 saturated heterocycles. The second-order valence-electron chi connectivity index (χ2n) is 8.15. The lowest BCUT2D eigenvalue weighted by Crippen LogP contribution is -2.45. The van der Waals surface area contributed by atoms with Crippen LogP contribution in [0.15, 0.2) is 24.3 Å². The first-order valence-corrected chi connectivity index (χ1v) is 10.4. The Hall–Kier alpha value is -1.88. The van der Waals surface area contributed by atoms with Gasteiger partial charge in [0.1, 0.15) is 5.92 Å². The molecule has 27 heavy (non-hydrogen) atoms. The Labute approximate surface area is 163 Å². The average Bonchev–Trinajstić information content (AvgIpc) is 3.07. The third kappa shape index (κ3) is 4.52. The molecule has 0 aliphatic carbocycles.